The van der Waals surface area contributed by atoms with E-state index in [9.17, 15) is 102 Å². The molecule has 83 heavy (non-hydrogen) atoms. The molecule has 2 heterocycles. The van der Waals surface area contributed by atoms with Crippen molar-refractivity contribution in [2.75, 3.05) is 32.7 Å². The Morgan fingerprint density at radius 3 is 1.28 bits per heavy atom. The summed E-state index contributed by atoms with van der Waals surface area (Å²) in [6.45, 7) is 0.836. The van der Waals surface area contributed by atoms with Gasteiger partial charge in [0.15, 0.2) is 0 Å². The van der Waals surface area contributed by atoms with Gasteiger partial charge in [0.2, 0.25) is 59.1 Å². The van der Waals surface area contributed by atoms with Crippen LogP contribution in [0.3, 0.4) is 0 Å². The third kappa shape index (κ3) is 24.6. The van der Waals surface area contributed by atoms with Gasteiger partial charge in [-0.3, -0.25) is 71.9 Å². The van der Waals surface area contributed by atoms with Crippen molar-refractivity contribution in [2.24, 2.45) is 17.2 Å². The van der Waals surface area contributed by atoms with E-state index < -0.39 is 200 Å². The lowest BCUT2D eigenvalue weighted by molar-refractivity contribution is -0.150. The first-order valence-electron chi connectivity index (χ1n) is 26.5. The Morgan fingerprint density at radius 2 is 0.855 bits per heavy atom. The summed E-state index contributed by atoms with van der Waals surface area (Å²) in [6.07, 6.45) is -4.92. The maximum Gasteiger partial charge on any atom is 0.326 e. The molecule has 10 amide bonds. The monoisotopic (exact) mass is 1190 g/mol. The van der Waals surface area contributed by atoms with E-state index in [4.69, 9.17) is 22.3 Å². The lowest BCUT2D eigenvalue weighted by atomic mass is 10.0. The van der Waals surface area contributed by atoms with Crippen molar-refractivity contribution in [1.29, 1.82) is 0 Å². The second-order valence-electron chi connectivity index (χ2n) is 19.6. The number of nitrogens with zero attached hydrogens (tertiary/aromatic N) is 2. The van der Waals surface area contributed by atoms with Crippen molar-refractivity contribution in [3.05, 3.63) is 0 Å². The van der Waals surface area contributed by atoms with Crippen molar-refractivity contribution in [1.82, 2.24) is 52.3 Å². The number of carbonyl (C=O) groups is 16. The number of nitrogens with one attached hydrogen (secondary N) is 8. The zero-order valence-corrected chi connectivity index (χ0v) is 45.5. The van der Waals surface area contributed by atoms with Gasteiger partial charge in [-0.1, -0.05) is 0 Å². The minimum Gasteiger partial charge on any atom is -0.481 e. The van der Waals surface area contributed by atoms with E-state index in [0.29, 0.717) is 19.3 Å². The first kappa shape index (κ1) is 70.5. The predicted octanol–water partition coefficient (Wildman–Crippen LogP) is -7.07. The minimum atomic E-state index is -2.29. The maximum absolute atomic E-state index is 14.1. The van der Waals surface area contributed by atoms with Gasteiger partial charge in [-0.25, -0.2) is 4.79 Å². The summed E-state index contributed by atoms with van der Waals surface area (Å²) < 4.78 is 0. The van der Waals surface area contributed by atoms with Crippen molar-refractivity contribution in [2.45, 2.75) is 170 Å². The summed E-state index contributed by atoms with van der Waals surface area (Å²) in [5, 5.41) is 75.0. The number of hydrogen-bond donors (Lipinski definition) is 17. The lowest BCUT2D eigenvalue weighted by Crippen LogP contribution is -2.61. The zero-order valence-electron chi connectivity index (χ0n) is 45.5. The van der Waals surface area contributed by atoms with Crippen LogP contribution in [0.2, 0.25) is 0 Å². The molecule has 0 radical (unpaired) electrons. The standard InChI is InChI=1S/C48H75N13O22/c1-23(51)39(73)52-22-33(62)53-24(8-2-4-14-49)40(74)54-25(9-3-5-15-50)41(75)56-27(18-35(65)66)42(76)57-28(19-36(67)68)43(77)58-29(20-37(69)70)44(78)59-30(21-38(71)72)46(80)61-17-7-11-32(61)47(81)60-16-6-10-31(60)45(79)55-26(48(82)83)12-13-34(63)64/h23-32H,2-22,49-51H2,1H3,(H,52,73)(H,53,62)(H,54,74)(H,55,79)(H,56,75)(H,57,76)(H,58,77)(H,59,78)(H,63,64)(H,65,66)(H,67,68)(H,69,70)(H,71,72)(H,82,83)/t23-,24-,25-,26-,27-,28-,29-,30-,31-,32-/m0/s1. The molecule has 2 aliphatic heterocycles. The fourth-order valence-corrected chi connectivity index (χ4v) is 8.76. The second kappa shape index (κ2) is 35.3. The summed E-state index contributed by atoms with van der Waals surface area (Å²) in [4.78, 5) is 208. The van der Waals surface area contributed by atoms with Gasteiger partial charge in [-0.2, -0.15) is 0 Å². The molecule has 0 aromatic rings. The van der Waals surface area contributed by atoms with Crippen molar-refractivity contribution in [3.63, 3.8) is 0 Å². The van der Waals surface area contributed by atoms with Crippen LogP contribution in [0.15, 0.2) is 0 Å². The smallest absolute Gasteiger partial charge is 0.326 e. The van der Waals surface area contributed by atoms with Gasteiger partial charge >= 0.3 is 35.8 Å². The molecular weight excluding hydrogens is 1110 g/mol. The zero-order chi connectivity index (χ0) is 62.7. The largest absolute Gasteiger partial charge is 0.481 e. The molecule has 2 fully saturated rings. The number of hydrogen-bond acceptors (Lipinski definition) is 19. The molecule has 2 aliphatic rings. The predicted molar refractivity (Wildman–Crippen MR) is 279 cm³/mol. The van der Waals surface area contributed by atoms with Crippen LogP contribution >= 0.6 is 0 Å². The molecule has 0 aromatic heterocycles. The minimum absolute atomic E-state index is 0.0201. The van der Waals surface area contributed by atoms with Crippen molar-refractivity contribution >= 4 is 94.9 Å². The molecule has 464 valence electrons. The fourth-order valence-electron chi connectivity index (χ4n) is 8.76. The van der Waals surface area contributed by atoms with Gasteiger partial charge in [-0.15, -0.1) is 0 Å². The number of amides is 10. The van der Waals surface area contributed by atoms with E-state index >= 15 is 0 Å². The number of rotatable bonds is 38. The van der Waals surface area contributed by atoms with Crippen LogP contribution < -0.4 is 59.7 Å². The van der Waals surface area contributed by atoms with E-state index in [0.717, 1.165) is 9.80 Å². The Morgan fingerprint density at radius 1 is 0.458 bits per heavy atom. The molecule has 35 nitrogen and oxygen atoms in total. The molecular formula is C48H75N13O22. The summed E-state index contributed by atoms with van der Waals surface area (Å²) in [5.74, 6) is -21.2. The molecule has 0 unspecified atom stereocenters. The van der Waals surface area contributed by atoms with E-state index in [1.807, 2.05) is 16.0 Å². The molecule has 0 bridgehead atoms. The molecule has 2 saturated heterocycles. The van der Waals surface area contributed by atoms with Gasteiger partial charge in [0.25, 0.3) is 0 Å². The second-order valence-corrected chi connectivity index (χ2v) is 19.6. The van der Waals surface area contributed by atoms with Gasteiger partial charge in [-0.05, 0) is 90.6 Å². The average Bonchev–Trinajstić information content (AvgIpc) is 4.36. The quantitative estimate of drug-likeness (QED) is 0.0255. The molecule has 20 N–H and O–H groups in total. The Hall–Kier alpha value is -8.60. The van der Waals surface area contributed by atoms with E-state index in [1.54, 1.807) is 0 Å². The van der Waals surface area contributed by atoms with Gasteiger partial charge in [0.05, 0.1) is 38.3 Å². The lowest BCUT2D eigenvalue weighted by Gasteiger charge is -2.33. The SMILES string of the molecule is C[C@H](N)C(=O)NCC(=O)N[C@@H](CCCCN)C(=O)N[C@@H](CCCCN)C(=O)N[C@@H](CC(=O)O)C(=O)N[C@@H](CC(=O)O)C(=O)N[C@@H](CC(=O)O)C(=O)N[C@@H](CC(=O)O)C(=O)N1CCC[C@H]1C(=O)N1CCC[C@H]1C(=O)N[C@@H](CCC(=O)O)C(=O)O. The maximum atomic E-state index is 14.1. The van der Waals surface area contributed by atoms with Crippen LogP contribution in [0.1, 0.15) is 110 Å². The normalized spacial score (nSPS) is 17.5. The van der Waals surface area contributed by atoms with Crippen LogP contribution in [-0.2, 0) is 76.7 Å². The summed E-state index contributed by atoms with van der Waals surface area (Å²) in [7, 11) is 0. The van der Waals surface area contributed by atoms with Crippen LogP contribution in [-0.4, -0.2) is 228 Å². The number of unbranched alkanes of at least 4 members (excludes halogenated alkanes) is 2. The van der Waals surface area contributed by atoms with Crippen molar-refractivity contribution < 1.29 is 107 Å². The summed E-state index contributed by atoms with van der Waals surface area (Å²) in [6, 6.07) is -17.0. The molecule has 35 heteroatoms. The van der Waals surface area contributed by atoms with Crippen molar-refractivity contribution in [3.8, 4) is 0 Å². The van der Waals surface area contributed by atoms with Crippen LogP contribution in [0.25, 0.3) is 0 Å². The number of carboxylic acids is 6. The Kier molecular flexibility index (Phi) is 30.0. The molecule has 10 atom stereocenters. The number of nitrogens with two attached hydrogens (primary N) is 3. The Labute approximate surface area is 473 Å². The summed E-state index contributed by atoms with van der Waals surface area (Å²) >= 11 is 0. The fraction of sp³-hybridized carbons (Fsp3) is 0.667. The first-order chi connectivity index (χ1) is 39.0. The Bertz CT molecular complexity index is 2410. The van der Waals surface area contributed by atoms with Crippen LogP contribution in [0, 0.1) is 0 Å². The van der Waals surface area contributed by atoms with Crippen LogP contribution in [0.5, 0.6) is 0 Å². The third-order valence-corrected chi connectivity index (χ3v) is 13.0. The number of aliphatic carboxylic acids is 6. The molecule has 0 aliphatic carbocycles. The molecule has 0 spiro atoms. The number of likely N-dealkylation sites (tertiary alicyclic amines) is 2. The van der Waals surface area contributed by atoms with E-state index in [2.05, 4.69) is 26.6 Å². The average molecular weight is 1190 g/mol. The van der Waals surface area contributed by atoms with E-state index in [-0.39, 0.29) is 71.1 Å². The third-order valence-electron chi connectivity index (χ3n) is 13.0. The Balaban J connectivity index is 2.39. The highest BCUT2D eigenvalue weighted by Gasteiger charge is 2.45. The number of carbonyl (C=O) groups excluding carboxylic acids is 10. The molecule has 0 saturated carbocycles. The van der Waals surface area contributed by atoms with Gasteiger partial charge in [0.1, 0.15) is 54.4 Å². The highest BCUT2D eigenvalue weighted by Crippen LogP contribution is 2.26. The van der Waals surface area contributed by atoms with E-state index in [1.165, 1.54) is 6.92 Å². The van der Waals surface area contributed by atoms with Crippen LogP contribution in [0.4, 0.5) is 0 Å². The molecule has 0 aromatic carbocycles. The highest BCUT2D eigenvalue weighted by molar-refractivity contribution is 6.01. The summed E-state index contributed by atoms with van der Waals surface area (Å²) in [5.41, 5.74) is 16.7. The first-order valence-corrected chi connectivity index (χ1v) is 26.5. The topological polar surface area (TPSA) is 575 Å². The highest BCUT2D eigenvalue weighted by atomic mass is 16.4. The molecule has 2 rings (SSSR count). The van der Waals surface area contributed by atoms with Gasteiger partial charge in [0, 0.05) is 19.5 Å². The number of carboxylic acid groups (broad SMARTS) is 6. The van der Waals surface area contributed by atoms with Gasteiger partial charge < -0.3 is 100 Å².